The number of carboxylic acids is 1. The summed E-state index contributed by atoms with van der Waals surface area (Å²) in [7, 11) is 0. The lowest BCUT2D eigenvalue weighted by atomic mass is 9.99. The molecule has 1 aliphatic rings. The van der Waals surface area contributed by atoms with Crippen molar-refractivity contribution < 1.29 is 24.3 Å². The van der Waals surface area contributed by atoms with Gasteiger partial charge in [0.15, 0.2) is 0 Å². The van der Waals surface area contributed by atoms with Crippen molar-refractivity contribution in [2.45, 2.75) is 77.5 Å². The van der Waals surface area contributed by atoms with Crippen LogP contribution < -0.4 is 16.4 Å². The van der Waals surface area contributed by atoms with Crippen LogP contribution in [-0.4, -0.2) is 69.4 Å². The minimum atomic E-state index is -1.05. The molecular formula is C27H39N5O5. The van der Waals surface area contributed by atoms with E-state index >= 15 is 0 Å². The van der Waals surface area contributed by atoms with Crippen LogP contribution in [0.25, 0.3) is 10.9 Å². The number of carboxylic acid groups (broad SMARTS) is 1. The number of amides is 3. The van der Waals surface area contributed by atoms with Gasteiger partial charge in [-0.25, -0.2) is 4.79 Å². The Morgan fingerprint density at radius 1 is 1.11 bits per heavy atom. The number of nitrogens with two attached hydrogens (primary N) is 1. The van der Waals surface area contributed by atoms with Crippen LogP contribution >= 0.6 is 0 Å². The first-order valence-corrected chi connectivity index (χ1v) is 12.9. The molecule has 1 saturated heterocycles. The zero-order valence-electron chi connectivity index (χ0n) is 22.0. The predicted molar refractivity (Wildman–Crippen MR) is 141 cm³/mol. The summed E-state index contributed by atoms with van der Waals surface area (Å²) in [6.45, 7) is 7.84. The Labute approximate surface area is 217 Å². The molecule has 0 saturated carbocycles. The molecule has 10 nitrogen and oxygen atoms in total. The highest BCUT2D eigenvalue weighted by molar-refractivity contribution is 5.95. The summed E-state index contributed by atoms with van der Waals surface area (Å²) in [6.07, 6.45) is 3.43. The van der Waals surface area contributed by atoms with Crippen molar-refractivity contribution in [3.05, 3.63) is 36.0 Å². The molecule has 1 fully saturated rings. The molecule has 0 spiro atoms. The Morgan fingerprint density at radius 2 is 1.81 bits per heavy atom. The van der Waals surface area contributed by atoms with Gasteiger partial charge >= 0.3 is 5.97 Å². The molecule has 37 heavy (non-hydrogen) atoms. The number of rotatable bonds is 11. The van der Waals surface area contributed by atoms with Gasteiger partial charge in [0.05, 0.1) is 6.04 Å². The number of carbonyl (C=O) groups is 4. The van der Waals surface area contributed by atoms with E-state index in [0.29, 0.717) is 25.8 Å². The van der Waals surface area contributed by atoms with Gasteiger partial charge in [-0.05, 0) is 42.7 Å². The summed E-state index contributed by atoms with van der Waals surface area (Å²) in [6, 6.07) is 4.07. The van der Waals surface area contributed by atoms with Gasteiger partial charge in [0, 0.05) is 30.1 Å². The van der Waals surface area contributed by atoms with Crippen LogP contribution in [0.3, 0.4) is 0 Å². The topological polar surface area (TPSA) is 158 Å². The summed E-state index contributed by atoms with van der Waals surface area (Å²) in [5.74, 6) is -2.53. The third kappa shape index (κ3) is 6.88. The molecule has 1 aromatic carbocycles. The normalized spacial score (nSPS) is 18.1. The van der Waals surface area contributed by atoms with Crippen molar-refractivity contribution in [1.82, 2.24) is 20.5 Å². The standard InChI is InChI=1S/C27H39N5O5/c1-15(2)12-19(28)24(33)30-21(13-17-14-29-20-9-6-5-8-18(17)20)25(34)31-23(16(3)4)26(35)32-11-7-10-22(32)27(36)37/h5-6,8-9,14-16,19,21-23,29H,7,10-13,28H2,1-4H3,(H,30,33)(H,31,34)(H,36,37). The van der Waals surface area contributed by atoms with Crippen LogP contribution in [0.4, 0.5) is 0 Å². The second-order valence-corrected chi connectivity index (χ2v) is 10.6. The van der Waals surface area contributed by atoms with Crippen molar-refractivity contribution >= 4 is 34.6 Å². The van der Waals surface area contributed by atoms with E-state index in [2.05, 4.69) is 15.6 Å². The number of nitrogens with one attached hydrogen (secondary N) is 3. The van der Waals surface area contributed by atoms with Crippen LogP contribution in [0.2, 0.25) is 0 Å². The van der Waals surface area contributed by atoms with Gasteiger partial charge in [-0.2, -0.15) is 0 Å². The number of para-hydroxylation sites is 1. The summed E-state index contributed by atoms with van der Waals surface area (Å²) < 4.78 is 0. The summed E-state index contributed by atoms with van der Waals surface area (Å²) in [5, 5.41) is 16.1. The number of nitrogens with zero attached hydrogens (tertiary/aromatic N) is 1. The van der Waals surface area contributed by atoms with Crippen molar-refractivity contribution in [2.24, 2.45) is 17.6 Å². The SMILES string of the molecule is CC(C)CC(N)C(=O)NC(Cc1c[nH]c2ccccc12)C(=O)NC(C(=O)N1CCCC1C(=O)O)C(C)C. The van der Waals surface area contributed by atoms with Crippen molar-refractivity contribution in [2.75, 3.05) is 6.54 Å². The number of fused-ring (bicyclic) bond motifs is 1. The minimum absolute atomic E-state index is 0.191. The fourth-order valence-corrected chi connectivity index (χ4v) is 4.86. The Bertz CT molecular complexity index is 1130. The number of likely N-dealkylation sites (tertiary alicyclic amines) is 1. The maximum Gasteiger partial charge on any atom is 0.326 e. The highest BCUT2D eigenvalue weighted by Gasteiger charge is 2.39. The first-order valence-electron chi connectivity index (χ1n) is 12.9. The molecule has 1 aromatic heterocycles. The van der Waals surface area contributed by atoms with Crippen LogP contribution in [0, 0.1) is 11.8 Å². The van der Waals surface area contributed by atoms with E-state index in [1.54, 1.807) is 20.0 Å². The first kappa shape index (κ1) is 28.2. The summed E-state index contributed by atoms with van der Waals surface area (Å²) in [4.78, 5) is 56.0. The number of aliphatic carboxylic acids is 1. The summed E-state index contributed by atoms with van der Waals surface area (Å²) in [5.41, 5.74) is 7.83. The van der Waals surface area contributed by atoms with Crippen LogP contribution in [0.5, 0.6) is 0 Å². The van der Waals surface area contributed by atoms with Gasteiger partial charge in [-0.3, -0.25) is 14.4 Å². The van der Waals surface area contributed by atoms with Crippen molar-refractivity contribution in [1.29, 1.82) is 0 Å². The predicted octanol–water partition coefficient (Wildman–Crippen LogP) is 1.79. The zero-order valence-corrected chi connectivity index (χ0v) is 22.0. The molecule has 6 N–H and O–H groups in total. The van der Waals surface area contributed by atoms with Gasteiger partial charge in [0.1, 0.15) is 18.1 Å². The lowest BCUT2D eigenvalue weighted by Gasteiger charge is -2.31. The molecule has 0 bridgehead atoms. The van der Waals surface area contributed by atoms with E-state index in [-0.39, 0.29) is 18.3 Å². The van der Waals surface area contributed by atoms with E-state index in [0.717, 1.165) is 16.5 Å². The fourth-order valence-electron chi connectivity index (χ4n) is 4.86. The summed E-state index contributed by atoms with van der Waals surface area (Å²) >= 11 is 0. The average Bonchev–Trinajstić information content (AvgIpc) is 3.48. The molecule has 1 aliphatic heterocycles. The molecule has 0 aliphatic carbocycles. The zero-order chi connectivity index (χ0) is 27.3. The lowest BCUT2D eigenvalue weighted by Crippen LogP contribution is -2.59. The second kappa shape index (κ2) is 12.2. The molecule has 4 atom stereocenters. The van der Waals surface area contributed by atoms with Crippen LogP contribution in [0.1, 0.15) is 52.5 Å². The van der Waals surface area contributed by atoms with Crippen LogP contribution in [-0.2, 0) is 25.6 Å². The number of hydrogen-bond acceptors (Lipinski definition) is 5. The average molecular weight is 514 g/mol. The van der Waals surface area contributed by atoms with Gasteiger partial charge < -0.3 is 31.4 Å². The van der Waals surface area contributed by atoms with Crippen molar-refractivity contribution in [3.8, 4) is 0 Å². The van der Waals surface area contributed by atoms with Gasteiger partial charge in [0.25, 0.3) is 0 Å². The van der Waals surface area contributed by atoms with E-state index in [9.17, 15) is 24.3 Å². The number of carbonyl (C=O) groups excluding carboxylic acids is 3. The third-order valence-electron chi connectivity index (χ3n) is 6.85. The maximum absolute atomic E-state index is 13.6. The molecule has 3 rings (SSSR count). The molecule has 0 radical (unpaired) electrons. The number of H-pyrrole nitrogens is 1. The highest BCUT2D eigenvalue weighted by Crippen LogP contribution is 2.22. The molecule has 10 heteroatoms. The van der Waals surface area contributed by atoms with E-state index in [4.69, 9.17) is 5.73 Å². The van der Waals surface area contributed by atoms with Gasteiger partial charge in [0.2, 0.25) is 17.7 Å². The Balaban J connectivity index is 1.84. The molecular weight excluding hydrogens is 474 g/mol. The Kier molecular flexibility index (Phi) is 9.31. The molecule has 2 aromatic rings. The number of aromatic amines is 1. The number of hydrogen-bond donors (Lipinski definition) is 5. The molecule has 202 valence electrons. The van der Waals surface area contributed by atoms with Gasteiger partial charge in [-0.1, -0.05) is 45.9 Å². The molecule has 3 amide bonds. The Hall–Kier alpha value is -3.40. The smallest absolute Gasteiger partial charge is 0.326 e. The Morgan fingerprint density at radius 3 is 2.46 bits per heavy atom. The lowest BCUT2D eigenvalue weighted by molar-refractivity contribution is -0.150. The minimum Gasteiger partial charge on any atom is -0.480 e. The first-order chi connectivity index (χ1) is 17.5. The van der Waals surface area contributed by atoms with E-state index < -0.39 is 47.9 Å². The van der Waals surface area contributed by atoms with E-state index in [1.807, 2.05) is 38.1 Å². The van der Waals surface area contributed by atoms with E-state index in [1.165, 1.54) is 4.90 Å². The quantitative estimate of drug-likeness (QED) is 0.308. The molecule has 2 heterocycles. The van der Waals surface area contributed by atoms with Gasteiger partial charge in [-0.15, -0.1) is 0 Å². The fraction of sp³-hybridized carbons (Fsp3) is 0.556. The largest absolute Gasteiger partial charge is 0.480 e. The third-order valence-corrected chi connectivity index (χ3v) is 6.85. The van der Waals surface area contributed by atoms with Crippen LogP contribution in [0.15, 0.2) is 30.5 Å². The maximum atomic E-state index is 13.6. The second-order valence-electron chi connectivity index (χ2n) is 10.6. The number of benzene rings is 1. The monoisotopic (exact) mass is 513 g/mol. The van der Waals surface area contributed by atoms with Crippen molar-refractivity contribution in [3.63, 3.8) is 0 Å². The molecule has 4 unspecified atom stereocenters. The number of aromatic nitrogens is 1. The highest BCUT2D eigenvalue weighted by atomic mass is 16.4.